The Morgan fingerprint density at radius 3 is 2.73 bits per heavy atom. The van der Waals surface area contributed by atoms with E-state index in [2.05, 4.69) is 20.9 Å². The number of nitrogens with zero attached hydrogens (tertiary/aromatic N) is 1. The van der Waals surface area contributed by atoms with Crippen molar-refractivity contribution in [2.75, 3.05) is 0 Å². The fraction of sp³-hybridized carbons (Fsp3) is 0.143. The van der Waals surface area contributed by atoms with Crippen LogP contribution in [0.1, 0.15) is 16.1 Å². The van der Waals surface area contributed by atoms with Gasteiger partial charge < -0.3 is 5.73 Å². The molecule has 1 heterocycles. The van der Waals surface area contributed by atoms with E-state index in [4.69, 9.17) is 5.73 Å². The highest BCUT2D eigenvalue weighted by Gasteiger charge is 2.05. The molecule has 1 amide bonds. The zero-order valence-corrected chi connectivity index (χ0v) is 7.55. The van der Waals surface area contributed by atoms with Gasteiger partial charge >= 0.3 is 0 Å². The smallest absolute Gasteiger partial charge is 0.267 e. The summed E-state index contributed by atoms with van der Waals surface area (Å²) in [4.78, 5) is 14.6. The van der Waals surface area contributed by atoms with Gasteiger partial charge in [0.05, 0.1) is 0 Å². The highest BCUT2D eigenvalue weighted by Crippen LogP contribution is 2.10. The summed E-state index contributed by atoms with van der Waals surface area (Å²) in [6.45, 7) is 1.79. The molecule has 1 aromatic rings. The molecule has 0 aliphatic rings. The number of hydrogen-bond donors (Lipinski definition) is 1. The quantitative estimate of drug-likeness (QED) is 0.716. The van der Waals surface area contributed by atoms with Crippen LogP contribution in [0.4, 0.5) is 0 Å². The van der Waals surface area contributed by atoms with Gasteiger partial charge in [0.25, 0.3) is 5.91 Å². The van der Waals surface area contributed by atoms with Crippen LogP contribution in [0, 0.1) is 6.92 Å². The molecule has 2 N–H and O–H groups in total. The molecule has 0 aliphatic carbocycles. The third kappa shape index (κ3) is 1.77. The van der Waals surface area contributed by atoms with E-state index in [0.717, 1.165) is 5.56 Å². The minimum absolute atomic E-state index is 0.319. The van der Waals surface area contributed by atoms with E-state index in [-0.39, 0.29) is 0 Å². The number of hydrogen-bond acceptors (Lipinski definition) is 2. The van der Waals surface area contributed by atoms with Crippen molar-refractivity contribution in [3.8, 4) is 0 Å². The summed E-state index contributed by atoms with van der Waals surface area (Å²) in [6.07, 6.45) is 0. The highest BCUT2D eigenvalue weighted by molar-refractivity contribution is 9.10. The predicted octanol–water partition coefficient (Wildman–Crippen LogP) is 1.25. The maximum atomic E-state index is 10.7. The Kier molecular flexibility index (Phi) is 2.24. The number of halogens is 1. The van der Waals surface area contributed by atoms with Gasteiger partial charge in [-0.3, -0.25) is 4.79 Å². The number of pyridine rings is 1. The van der Waals surface area contributed by atoms with E-state index < -0.39 is 5.91 Å². The Balaban J connectivity index is 3.23. The third-order valence-corrected chi connectivity index (χ3v) is 1.74. The fourth-order valence-corrected chi connectivity index (χ4v) is 1.06. The van der Waals surface area contributed by atoms with Crippen molar-refractivity contribution in [2.24, 2.45) is 5.73 Å². The van der Waals surface area contributed by atoms with E-state index in [0.29, 0.717) is 10.3 Å². The number of rotatable bonds is 1. The molecule has 4 heteroatoms. The predicted molar refractivity (Wildman–Crippen MR) is 45.2 cm³/mol. The van der Waals surface area contributed by atoms with Gasteiger partial charge in [-0.2, -0.15) is 0 Å². The molecule has 3 nitrogen and oxygen atoms in total. The lowest BCUT2D eigenvalue weighted by Crippen LogP contribution is -2.14. The first kappa shape index (κ1) is 8.20. The number of aromatic nitrogens is 1. The molecule has 1 aromatic heterocycles. The van der Waals surface area contributed by atoms with Gasteiger partial charge in [-0.05, 0) is 34.5 Å². The fourth-order valence-electron chi connectivity index (χ4n) is 0.754. The summed E-state index contributed by atoms with van der Waals surface area (Å²) in [6, 6.07) is 3.55. The van der Waals surface area contributed by atoms with Gasteiger partial charge in [-0.15, -0.1) is 0 Å². The number of amides is 1. The van der Waals surface area contributed by atoms with Crippen molar-refractivity contribution in [1.29, 1.82) is 0 Å². The normalized spacial score (nSPS) is 9.64. The number of carbonyl (C=O) groups excluding carboxylic acids is 1. The molecular formula is C7H7BrN2O. The molecule has 1 rings (SSSR count). The maximum absolute atomic E-state index is 10.7. The zero-order chi connectivity index (χ0) is 8.43. The van der Waals surface area contributed by atoms with Crippen LogP contribution in [0.25, 0.3) is 0 Å². The molecule has 0 aliphatic heterocycles. The van der Waals surface area contributed by atoms with Crippen molar-refractivity contribution in [1.82, 2.24) is 4.98 Å². The Bertz CT molecular complexity index is 298. The average molecular weight is 215 g/mol. The summed E-state index contributed by atoms with van der Waals surface area (Å²) in [5.41, 5.74) is 6.17. The molecule has 0 unspecified atom stereocenters. The lowest BCUT2D eigenvalue weighted by molar-refractivity contribution is 0.0995. The topological polar surface area (TPSA) is 56.0 Å². The Labute approximate surface area is 72.7 Å². The van der Waals surface area contributed by atoms with Crippen LogP contribution in [0.2, 0.25) is 0 Å². The van der Waals surface area contributed by atoms with Crippen molar-refractivity contribution >= 4 is 21.8 Å². The van der Waals surface area contributed by atoms with Gasteiger partial charge in [0, 0.05) is 0 Å². The monoisotopic (exact) mass is 214 g/mol. The second-order valence-corrected chi connectivity index (χ2v) is 2.98. The van der Waals surface area contributed by atoms with E-state index in [1.54, 1.807) is 19.1 Å². The number of aryl methyl sites for hydroxylation is 1. The van der Waals surface area contributed by atoms with Crippen molar-refractivity contribution < 1.29 is 4.79 Å². The maximum Gasteiger partial charge on any atom is 0.267 e. The summed E-state index contributed by atoms with van der Waals surface area (Å²) in [7, 11) is 0. The summed E-state index contributed by atoms with van der Waals surface area (Å²) in [5.74, 6) is -0.496. The van der Waals surface area contributed by atoms with Crippen LogP contribution in [0.15, 0.2) is 16.7 Å². The molecule has 0 saturated heterocycles. The SMILES string of the molecule is Cc1ccc(Br)nc1C(N)=O. The second-order valence-electron chi connectivity index (χ2n) is 2.16. The van der Waals surface area contributed by atoms with Gasteiger partial charge in [-0.1, -0.05) is 6.07 Å². The van der Waals surface area contributed by atoms with Crippen molar-refractivity contribution in [3.63, 3.8) is 0 Å². The summed E-state index contributed by atoms with van der Waals surface area (Å²) < 4.78 is 0.622. The minimum atomic E-state index is -0.496. The molecule has 0 aromatic carbocycles. The first-order chi connectivity index (χ1) is 5.11. The van der Waals surface area contributed by atoms with Crippen molar-refractivity contribution in [2.45, 2.75) is 6.92 Å². The van der Waals surface area contributed by atoms with Crippen LogP contribution in [0.5, 0.6) is 0 Å². The molecule has 0 radical (unpaired) electrons. The van der Waals surface area contributed by atoms with Gasteiger partial charge in [-0.25, -0.2) is 4.98 Å². The zero-order valence-electron chi connectivity index (χ0n) is 5.97. The Morgan fingerprint density at radius 2 is 2.27 bits per heavy atom. The standard InChI is InChI=1S/C7H7BrN2O/c1-4-2-3-5(8)10-6(4)7(9)11/h2-3H,1H3,(H2,9,11). The van der Waals surface area contributed by atoms with E-state index in [1.165, 1.54) is 0 Å². The van der Waals surface area contributed by atoms with E-state index in [9.17, 15) is 4.79 Å². The lowest BCUT2D eigenvalue weighted by atomic mass is 10.2. The van der Waals surface area contributed by atoms with E-state index in [1.807, 2.05) is 0 Å². The molecule has 0 spiro atoms. The van der Waals surface area contributed by atoms with Crippen LogP contribution in [-0.2, 0) is 0 Å². The summed E-state index contributed by atoms with van der Waals surface area (Å²) in [5, 5.41) is 0. The third-order valence-electron chi connectivity index (χ3n) is 1.30. The highest BCUT2D eigenvalue weighted by atomic mass is 79.9. The Morgan fingerprint density at radius 1 is 1.64 bits per heavy atom. The average Bonchev–Trinajstić information content (AvgIpc) is 1.94. The number of carbonyl (C=O) groups is 1. The first-order valence-electron chi connectivity index (χ1n) is 3.04. The van der Waals surface area contributed by atoms with Gasteiger partial charge in [0.1, 0.15) is 10.3 Å². The van der Waals surface area contributed by atoms with Crippen LogP contribution >= 0.6 is 15.9 Å². The number of primary amides is 1. The van der Waals surface area contributed by atoms with Gasteiger partial charge in [0.15, 0.2) is 0 Å². The van der Waals surface area contributed by atoms with Crippen molar-refractivity contribution in [3.05, 3.63) is 28.0 Å². The summed E-state index contributed by atoms with van der Waals surface area (Å²) >= 11 is 3.15. The molecule has 0 bridgehead atoms. The molecular weight excluding hydrogens is 208 g/mol. The Hall–Kier alpha value is -0.900. The van der Waals surface area contributed by atoms with Crippen LogP contribution in [0.3, 0.4) is 0 Å². The molecule has 11 heavy (non-hydrogen) atoms. The molecule has 0 atom stereocenters. The van der Waals surface area contributed by atoms with Crippen LogP contribution in [-0.4, -0.2) is 10.9 Å². The molecule has 58 valence electrons. The second kappa shape index (κ2) is 3.00. The molecule has 0 fully saturated rings. The van der Waals surface area contributed by atoms with Crippen LogP contribution < -0.4 is 5.73 Å². The minimum Gasteiger partial charge on any atom is -0.364 e. The molecule has 0 saturated carbocycles. The first-order valence-corrected chi connectivity index (χ1v) is 3.83. The van der Waals surface area contributed by atoms with E-state index >= 15 is 0 Å². The largest absolute Gasteiger partial charge is 0.364 e. The number of nitrogens with two attached hydrogens (primary N) is 1. The lowest BCUT2D eigenvalue weighted by Gasteiger charge is -1.99. The van der Waals surface area contributed by atoms with Gasteiger partial charge in [0.2, 0.25) is 0 Å².